The summed E-state index contributed by atoms with van der Waals surface area (Å²) in [6.07, 6.45) is 0.636. The number of esters is 3. The molecule has 13 nitrogen and oxygen atoms in total. The molecule has 7 unspecified atom stereocenters. The van der Waals surface area contributed by atoms with Crippen LogP contribution in [0.4, 0.5) is 8.78 Å². The van der Waals surface area contributed by atoms with Gasteiger partial charge in [-0.3, -0.25) is 13.8 Å². The second-order valence-electron chi connectivity index (χ2n) is 12.9. The Balaban J connectivity index is 0.999. The Hall–Kier alpha value is -1.95. The van der Waals surface area contributed by atoms with E-state index in [2.05, 4.69) is 0 Å². The molecule has 0 spiro atoms. The van der Waals surface area contributed by atoms with Crippen molar-refractivity contribution >= 4 is 38.2 Å². The smallest absolute Gasteiger partial charge is 0.455 e. The summed E-state index contributed by atoms with van der Waals surface area (Å²) in [5.41, 5.74) is -0.743. The number of carbonyl (C=O) groups is 3. The van der Waals surface area contributed by atoms with E-state index in [1.54, 1.807) is 0 Å². The van der Waals surface area contributed by atoms with Crippen molar-refractivity contribution in [3.8, 4) is 0 Å². The molecular formula is C25H31F2NO12S2. The highest BCUT2D eigenvalue weighted by molar-refractivity contribution is 8.03. The van der Waals surface area contributed by atoms with Crippen LogP contribution in [0.5, 0.6) is 0 Å². The SMILES string of the molecule is O=C(OC12CC3CC(C1)C(OS(=O)(=O)NS(=O)(=O)C(F)(F)C(=O)OC1C4CC5C(=O)OC1C5O4)C(C3)C2)C1CCCC1. The first-order valence-corrected chi connectivity index (χ1v) is 17.2. The number of nitrogens with one attached hydrogen (secondary N) is 1. The second kappa shape index (κ2) is 9.52. The molecule has 6 bridgehead atoms. The Morgan fingerprint density at radius 1 is 0.952 bits per heavy atom. The quantitative estimate of drug-likeness (QED) is 0.281. The Morgan fingerprint density at radius 2 is 1.62 bits per heavy atom. The Bertz CT molecular complexity index is 1400. The molecule has 0 aromatic rings. The fourth-order valence-electron chi connectivity index (χ4n) is 8.68. The monoisotopic (exact) mass is 639 g/mol. The summed E-state index contributed by atoms with van der Waals surface area (Å²) in [5, 5.41) is -5.32. The lowest BCUT2D eigenvalue weighted by molar-refractivity contribution is -0.205. The maximum atomic E-state index is 14.9. The number of hydrogen-bond donors (Lipinski definition) is 1. The summed E-state index contributed by atoms with van der Waals surface area (Å²) in [4.78, 5) is 36.9. The van der Waals surface area contributed by atoms with E-state index in [-0.39, 0.29) is 24.2 Å². The minimum Gasteiger partial charge on any atom is -0.459 e. The second-order valence-corrected chi connectivity index (χ2v) is 16.2. The molecule has 8 rings (SSSR count). The van der Waals surface area contributed by atoms with Gasteiger partial charge in [-0.1, -0.05) is 17.0 Å². The Labute approximate surface area is 240 Å². The lowest BCUT2D eigenvalue weighted by Gasteiger charge is -2.58. The van der Waals surface area contributed by atoms with E-state index < -0.39 is 91.4 Å². The predicted molar refractivity (Wildman–Crippen MR) is 132 cm³/mol. The third-order valence-electron chi connectivity index (χ3n) is 10.2. The molecule has 3 aliphatic heterocycles. The fourth-order valence-corrected chi connectivity index (χ4v) is 11.2. The van der Waals surface area contributed by atoms with Gasteiger partial charge in [0.1, 0.15) is 11.7 Å². The largest absolute Gasteiger partial charge is 0.459 e. The predicted octanol–water partition coefficient (Wildman–Crippen LogP) is 1.07. The lowest BCUT2D eigenvalue weighted by atomic mass is 9.53. The number of ether oxygens (including phenoxy) is 4. The molecule has 1 N–H and O–H groups in total. The average molecular weight is 640 g/mol. The van der Waals surface area contributed by atoms with E-state index >= 15 is 0 Å². The van der Waals surface area contributed by atoms with Gasteiger partial charge in [-0.2, -0.15) is 17.2 Å². The van der Waals surface area contributed by atoms with Crippen molar-refractivity contribution in [2.45, 2.75) is 106 Å². The van der Waals surface area contributed by atoms with Gasteiger partial charge in [-0.05, 0) is 69.1 Å². The van der Waals surface area contributed by atoms with Gasteiger partial charge in [0, 0.05) is 0 Å². The first kappa shape index (κ1) is 28.8. The van der Waals surface area contributed by atoms with Crippen molar-refractivity contribution < 1.29 is 63.1 Å². The summed E-state index contributed by atoms with van der Waals surface area (Å²) in [6.45, 7) is 0. The first-order valence-electron chi connectivity index (χ1n) is 14.3. The van der Waals surface area contributed by atoms with Crippen LogP contribution in [0.3, 0.4) is 0 Å². The Kier molecular flexibility index (Phi) is 6.53. The van der Waals surface area contributed by atoms with E-state index in [9.17, 15) is 40.0 Å². The van der Waals surface area contributed by atoms with Crippen molar-refractivity contribution in [1.29, 1.82) is 0 Å². The molecule has 8 fully saturated rings. The molecule has 17 heteroatoms. The molecule has 0 aromatic heterocycles. The van der Waals surface area contributed by atoms with Crippen molar-refractivity contribution in [1.82, 2.24) is 4.13 Å². The van der Waals surface area contributed by atoms with E-state index in [4.69, 9.17) is 23.1 Å². The van der Waals surface area contributed by atoms with Gasteiger partial charge < -0.3 is 18.9 Å². The van der Waals surface area contributed by atoms with Gasteiger partial charge in [0.05, 0.1) is 24.0 Å². The van der Waals surface area contributed by atoms with Crippen molar-refractivity contribution in [3.05, 3.63) is 0 Å². The minimum absolute atomic E-state index is 0.0579. The molecule has 42 heavy (non-hydrogen) atoms. The van der Waals surface area contributed by atoms with Crippen molar-refractivity contribution in [2.75, 3.05) is 0 Å². The van der Waals surface area contributed by atoms with Crippen LogP contribution >= 0.6 is 0 Å². The molecule has 3 heterocycles. The molecule has 0 radical (unpaired) electrons. The van der Waals surface area contributed by atoms with Gasteiger partial charge in [0.25, 0.3) is 0 Å². The van der Waals surface area contributed by atoms with Crippen LogP contribution < -0.4 is 4.13 Å². The number of fused-ring (bicyclic) bond motifs is 1. The number of alkyl halides is 2. The van der Waals surface area contributed by atoms with Gasteiger partial charge in [0.2, 0.25) is 0 Å². The number of rotatable bonds is 9. The van der Waals surface area contributed by atoms with Gasteiger partial charge in [-0.25, -0.2) is 13.2 Å². The van der Waals surface area contributed by atoms with Gasteiger partial charge in [-0.15, -0.1) is 0 Å². The average Bonchev–Trinajstić information content (AvgIpc) is 3.65. The zero-order valence-corrected chi connectivity index (χ0v) is 23.9. The summed E-state index contributed by atoms with van der Waals surface area (Å²) in [7, 11) is -11.5. The van der Waals surface area contributed by atoms with Crippen LogP contribution in [-0.4, -0.2) is 76.1 Å². The van der Waals surface area contributed by atoms with Crippen LogP contribution in [-0.2, 0) is 57.8 Å². The molecule has 7 atom stereocenters. The van der Waals surface area contributed by atoms with Crippen molar-refractivity contribution in [3.63, 3.8) is 0 Å². The van der Waals surface area contributed by atoms with Gasteiger partial charge >= 0.3 is 43.5 Å². The fraction of sp³-hybridized carbons (Fsp3) is 0.880. The van der Waals surface area contributed by atoms with E-state index in [1.165, 1.54) is 0 Å². The maximum absolute atomic E-state index is 14.9. The molecule has 5 aliphatic carbocycles. The van der Waals surface area contributed by atoms with E-state index in [0.29, 0.717) is 32.1 Å². The molecule has 234 valence electrons. The lowest BCUT2D eigenvalue weighted by Crippen LogP contribution is -2.60. The highest BCUT2D eigenvalue weighted by Gasteiger charge is 2.67. The molecule has 5 saturated carbocycles. The summed E-state index contributed by atoms with van der Waals surface area (Å²) < 4.78 is 107. The molecule has 0 amide bonds. The normalized spacial score (nSPS) is 42.2. The molecule has 0 aromatic carbocycles. The first-order chi connectivity index (χ1) is 19.7. The topological polar surface area (TPSA) is 178 Å². The standard InChI is InChI=1S/C25H31F2NO12S2/c26-25(27,23(31)38-19-16-7-15-18(36-16)20(19)37-22(15)30)41(32,33)28-42(34,35)40-17-13-5-11-6-14(17)10-24(8-11,9-13)39-21(29)12-3-1-2-4-12/h11-20,28H,1-10H2. The van der Waals surface area contributed by atoms with Crippen LogP contribution in [0, 0.1) is 29.6 Å². The minimum atomic E-state index is -6.20. The van der Waals surface area contributed by atoms with E-state index in [0.717, 1.165) is 29.8 Å². The highest BCUT2D eigenvalue weighted by atomic mass is 32.3. The van der Waals surface area contributed by atoms with Crippen LogP contribution in [0.2, 0.25) is 0 Å². The van der Waals surface area contributed by atoms with Crippen LogP contribution in [0.1, 0.15) is 64.2 Å². The van der Waals surface area contributed by atoms with Crippen LogP contribution in [0.25, 0.3) is 0 Å². The zero-order valence-electron chi connectivity index (χ0n) is 22.3. The molecular weight excluding hydrogens is 608 g/mol. The molecule has 3 saturated heterocycles. The zero-order chi connectivity index (χ0) is 29.8. The molecule has 8 aliphatic rings. The van der Waals surface area contributed by atoms with E-state index in [1.807, 2.05) is 0 Å². The third-order valence-corrected chi connectivity index (χ3v) is 13.2. The number of carbonyl (C=O) groups excluding carboxylic acids is 3. The third kappa shape index (κ3) is 4.56. The number of halogens is 2. The van der Waals surface area contributed by atoms with Crippen LogP contribution in [0.15, 0.2) is 0 Å². The van der Waals surface area contributed by atoms with Gasteiger partial charge in [0.15, 0.2) is 12.2 Å². The number of sulfonamides is 1. The maximum Gasteiger partial charge on any atom is 0.455 e. The highest BCUT2D eigenvalue weighted by Crippen LogP contribution is 2.58. The van der Waals surface area contributed by atoms with Crippen molar-refractivity contribution in [2.24, 2.45) is 29.6 Å². The summed E-state index contributed by atoms with van der Waals surface area (Å²) >= 11 is 0. The number of hydrogen-bond acceptors (Lipinski definition) is 12. The summed E-state index contributed by atoms with van der Waals surface area (Å²) in [5.74, 6) is -4.78. The summed E-state index contributed by atoms with van der Waals surface area (Å²) in [6, 6.07) is 0. The Morgan fingerprint density at radius 3 is 2.29 bits per heavy atom.